The van der Waals surface area contributed by atoms with Gasteiger partial charge in [-0.2, -0.15) is 10.1 Å². The minimum atomic E-state index is -0.981. The summed E-state index contributed by atoms with van der Waals surface area (Å²) in [5, 5.41) is 15.0. The summed E-state index contributed by atoms with van der Waals surface area (Å²) in [5.41, 5.74) is 0.462. The van der Waals surface area contributed by atoms with Gasteiger partial charge in [0.25, 0.3) is 5.91 Å². The fourth-order valence-electron chi connectivity index (χ4n) is 1.58. The highest BCUT2D eigenvalue weighted by Gasteiger charge is 2.20. The van der Waals surface area contributed by atoms with Crippen molar-refractivity contribution >= 4 is 17.8 Å². The van der Waals surface area contributed by atoms with Gasteiger partial charge in [-0.1, -0.05) is 18.2 Å². The van der Waals surface area contributed by atoms with E-state index in [4.69, 9.17) is 5.11 Å². The van der Waals surface area contributed by atoms with Crippen LogP contribution in [0.15, 0.2) is 36.7 Å². The molecule has 1 amide bonds. The Bertz CT molecular complexity index is 554. The van der Waals surface area contributed by atoms with E-state index in [-0.39, 0.29) is 24.8 Å². The number of carboxylic acid groups (broad SMARTS) is 1. The normalized spacial score (nSPS) is 10.1. The number of rotatable bonds is 5. The van der Waals surface area contributed by atoms with Gasteiger partial charge in [-0.3, -0.25) is 14.5 Å². The molecule has 0 aliphatic heterocycles. The van der Waals surface area contributed by atoms with E-state index in [9.17, 15) is 9.59 Å². The molecule has 0 saturated heterocycles. The third-order valence-electron chi connectivity index (χ3n) is 2.47. The number of carboxylic acids is 1. The molecule has 0 unspecified atom stereocenters. The Kier molecular flexibility index (Phi) is 3.87. The summed E-state index contributed by atoms with van der Waals surface area (Å²) < 4.78 is 0. The Morgan fingerprint density at radius 1 is 1.26 bits per heavy atom. The molecule has 7 nitrogen and oxygen atoms in total. The maximum absolute atomic E-state index is 12.3. The van der Waals surface area contributed by atoms with Gasteiger partial charge in [0.2, 0.25) is 5.95 Å². The maximum Gasteiger partial charge on any atom is 0.305 e. The molecule has 1 aromatic carbocycles. The van der Waals surface area contributed by atoms with Crippen molar-refractivity contribution < 1.29 is 14.7 Å². The second kappa shape index (κ2) is 5.76. The van der Waals surface area contributed by atoms with Gasteiger partial charge in [0.15, 0.2) is 0 Å². The molecule has 2 rings (SSSR count). The van der Waals surface area contributed by atoms with Crippen molar-refractivity contribution in [3.63, 3.8) is 0 Å². The van der Waals surface area contributed by atoms with Gasteiger partial charge in [0.1, 0.15) is 6.33 Å². The topological polar surface area (TPSA) is 99.2 Å². The zero-order valence-corrected chi connectivity index (χ0v) is 9.98. The molecule has 1 heterocycles. The zero-order valence-electron chi connectivity index (χ0n) is 9.98. The van der Waals surface area contributed by atoms with E-state index in [1.54, 1.807) is 30.3 Å². The van der Waals surface area contributed by atoms with Crippen LogP contribution in [0, 0.1) is 0 Å². The number of amides is 1. The van der Waals surface area contributed by atoms with Crippen molar-refractivity contribution in [3.8, 4) is 0 Å². The number of carbonyl (C=O) groups excluding carboxylic acids is 1. The Hall–Kier alpha value is -2.70. The average molecular weight is 260 g/mol. The number of hydrogen-bond donors (Lipinski definition) is 2. The smallest absolute Gasteiger partial charge is 0.305 e. The van der Waals surface area contributed by atoms with Gasteiger partial charge in [-0.25, -0.2) is 5.10 Å². The lowest BCUT2D eigenvalue weighted by atomic mass is 10.2. The van der Waals surface area contributed by atoms with Crippen LogP contribution in [0.25, 0.3) is 0 Å². The van der Waals surface area contributed by atoms with E-state index in [2.05, 4.69) is 15.2 Å². The predicted molar refractivity (Wildman–Crippen MR) is 66.8 cm³/mol. The van der Waals surface area contributed by atoms with E-state index in [1.165, 1.54) is 11.2 Å². The maximum atomic E-state index is 12.3. The van der Waals surface area contributed by atoms with E-state index < -0.39 is 5.97 Å². The molecule has 0 saturated carbocycles. The number of hydrogen-bond acceptors (Lipinski definition) is 4. The first-order chi connectivity index (χ1) is 9.18. The number of aromatic nitrogens is 3. The third kappa shape index (κ3) is 3.15. The Balaban J connectivity index is 2.22. The zero-order chi connectivity index (χ0) is 13.7. The van der Waals surface area contributed by atoms with Gasteiger partial charge in [-0.05, 0) is 12.1 Å². The van der Waals surface area contributed by atoms with Crippen LogP contribution < -0.4 is 4.90 Å². The van der Waals surface area contributed by atoms with E-state index >= 15 is 0 Å². The molecule has 2 N–H and O–H groups in total. The Labute approximate surface area is 108 Å². The number of anilines is 1. The highest BCUT2D eigenvalue weighted by molar-refractivity contribution is 6.05. The first-order valence-electron chi connectivity index (χ1n) is 5.62. The molecule has 0 radical (unpaired) electrons. The molecule has 0 atom stereocenters. The highest BCUT2D eigenvalue weighted by atomic mass is 16.4. The van der Waals surface area contributed by atoms with E-state index in [1.807, 2.05) is 0 Å². The van der Waals surface area contributed by atoms with Crippen molar-refractivity contribution in [1.82, 2.24) is 15.2 Å². The van der Waals surface area contributed by atoms with Crippen LogP contribution in [-0.4, -0.2) is 38.7 Å². The van der Waals surface area contributed by atoms with Gasteiger partial charge in [-0.15, -0.1) is 0 Å². The third-order valence-corrected chi connectivity index (χ3v) is 2.47. The lowest BCUT2D eigenvalue weighted by Gasteiger charge is -2.18. The molecule has 0 aliphatic carbocycles. The van der Waals surface area contributed by atoms with Crippen LogP contribution >= 0.6 is 0 Å². The average Bonchev–Trinajstić information content (AvgIpc) is 2.93. The molecular formula is C12H12N4O3. The quantitative estimate of drug-likeness (QED) is 0.833. The molecule has 0 bridgehead atoms. The fourth-order valence-corrected chi connectivity index (χ4v) is 1.58. The van der Waals surface area contributed by atoms with Gasteiger partial charge in [0, 0.05) is 12.1 Å². The van der Waals surface area contributed by atoms with Crippen LogP contribution in [0.3, 0.4) is 0 Å². The Morgan fingerprint density at radius 3 is 2.58 bits per heavy atom. The number of aromatic amines is 1. The summed E-state index contributed by atoms with van der Waals surface area (Å²) in [6, 6.07) is 8.59. The van der Waals surface area contributed by atoms with Gasteiger partial charge >= 0.3 is 5.97 Å². The van der Waals surface area contributed by atoms with Crippen LogP contribution in [0.4, 0.5) is 5.95 Å². The van der Waals surface area contributed by atoms with Crippen LogP contribution in [0.5, 0.6) is 0 Å². The standard InChI is InChI=1S/C12H12N4O3/c17-10(18)6-7-16(12-13-8-14-15-12)11(19)9-4-2-1-3-5-9/h1-5,8H,6-7H2,(H,17,18)(H,13,14,15). The van der Waals surface area contributed by atoms with Crippen molar-refractivity contribution in [3.05, 3.63) is 42.2 Å². The summed E-state index contributed by atoms with van der Waals surface area (Å²) in [4.78, 5) is 28.1. The molecule has 7 heteroatoms. The SMILES string of the molecule is O=C(O)CCN(C(=O)c1ccccc1)c1ncn[nH]1. The highest BCUT2D eigenvalue weighted by Crippen LogP contribution is 2.11. The lowest BCUT2D eigenvalue weighted by molar-refractivity contribution is -0.136. The van der Waals surface area contributed by atoms with Gasteiger partial charge in [0.05, 0.1) is 6.42 Å². The lowest BCUT2D eigenvalue weighted by Crippen LogP contribution is -2.34. The monoisotopic (exact) mass is 260 g/mol. The van der Waals surface area contributed by atoms with Crippen molar-refractivity contribution in [2.75, 3.05) is 11.4 Å². The van der Waals surface area contributed by atoms with Crippen molar-refractivity contribution in [2.24, 2.45) is 0 Å². The van der Waals surface area contributed by atoms with E-state index in [0.29, 0.717) is 5.56 Å². The summed E-state index contributed by atoms with van der Waals surface area (Å²) in [5.74, 6) is -1.07. The molecule has 0 aliphatic rings. The molecule has 0 spiro atoms. The minimum absolute atomic E-state index is 0.0260. The number of benzene rings is 1. The number of nitrogens with zero attached hydrogens (tertiary/aromatic N) is 3. The largest absolute Gasteiger partial charge is 0.481 e. The first-order valence-corrected chi connectivity index (χ1v) is 5.62. The summed E-state index contributed by atoms with van der Waals surface area (Å²) in [6.45, 7) is 0.0260. The summed E-state index contributed by atoms with van der Waals surface area (Å²) >= 11 is 0. The summed E-state index contributed by atoms with van der Waals surface area (Å²) in [7, 11) is 0. The molecule has 1 aromatic heterocycles. The molecular weight excluding hydrogens is 248 g/mol. The molecule has 0 fully saturated rings. The number of aliphatic carboxylic acids is 1. The van der Waals surface area contributed by atoms with Gasteiger partial charge < -0.3 is 5.11 Å². The molecule has 19 heavy (non-hydrogen) atoms. The predicted octanol–water partition coefficient (Wildman–Crippen LogP) is 0.926. The van der Waals surface area contributed by atoms with Crippen LogP contribution in [0.1, 0.15) is 16.8 Å². The van der Waals surface area contributed by atoms with E-state index in [0.717, 1.165) is 0 Å². The fraction of sp³-hybridized carbons (Fsp3) is 0.167. The number of nitrogens with one attached hydrogen (secondary N) is 1. The van der Waals surface area contributed by atoms with Crippen LogP contribution in [-0.2, 0) is 4.79 Å². The minimum Gasteiger partial charge on any atom is -0.481 e. The van der Waals surface area contributed by atoms with Crippen LogP contribution in [0.2, 0.25) is 0 Å². The number of carbonyl (C=O) groups is 2. The number of H-pyrrole nitrogens is 1. The van der Waals surface area contributed by atoms with Crippen molar-refractivity contribution in [1.29, 1.82) is 0 Å². The Morgan fingerprint density at radius 2 is 2.00 bits per heavy atom. The molecule has 98 valence electrons. The van der Waals surface area contributed by atoms with Crippen molar-refractivity contribution in [2.45, 2.75) is 6.42 Å². The second-order valence-corrected chi connectivity index (χ2v) is 3.78. The molecule has 2 aromatic rings. The summed E-state index contributed by atoms with van der Waals surface area (Å²) in [6.07, 6.45) is 1.10. The first kappa shape index (κ1) is 12.7. The second-order valence-electron chi connectivity index (χ2n) is 3.78.